The number of carbonyl (C=O) groups is 2. The lowest BCUT2D eigenvalue weighted by Gasteiger charge is -2.31. The summed E-state index contributed by atoms with van der Waals surface area (Å²) in [7, 11) is 0. The standard InChI is InChI=1S/C10H15NO3/c12-8-7-10(2-3-10)4-6-11(8)5-1-9(13)14/h1-7H2,(H,13,14). The van der Waals surface area contributed by atoms with Gasteiger partial charge in [0.2, 0.25) is 5.91 Å². The predicted octanol–water partition coefficient (Wildman–Crippen LogP) is 0.864. The molecule has 2 rings (SSSR count). The molecule has 2 fully saturated rings. The molecule has 0 aromatic carbocycles. The average molecular weight is 197 g/mol. The van der Waals surface area contributed by atoms with Crippen molar-refractivity contribution in [2.75, 3.05) is 13.1 Å². The largest absolute Gasteiger partial charge is 0.481 e. The van der Waals surface area contributed by atoms with E-state index in [-0.39, 0.29) is 12.3 Å². The maximum atomic E-state index is 11.6. The molecule has 1 spiro atoms. The predicted molar refractivity (Wildman–Crippen MR) is 49.7 cm³/mol. The molecule has 0 radical (unpaired) electrons. The van der Waals surface area contributed by atoms with Crippen LogP contribution in [0.4, 0.5) is 0 Å². The van der Waals surface area contributed by atoms with Crippen LogP contribution in [0, 0.1) is 5.41 Å². The van der Waals surface area contributed by atoms with Gasteiger partial charge in [0, 0.05) is 19.5 Å². The Kier molecular flexibility index (Phi) is 2.21. The zero-order chi connectivity index (χ0) is 10.2. The first-order chi connectivity index (χ1) is 6.61. The van der Waals surface area contributed by atoms with Crippen LogP contribution < -0.4 is 0 Å². The normalized spacial score (nSPS) is 24.0. The first-order valence-corrected chi connectivity index (χ1v) is 5.11. The van der Waals surface area contributed by atoms with Gasteiger partial charge in [0.05, 0.1) is 6.42 Å². The Morgan fingerprint density at radius 3 is 2.64 bits per heavy atom. The van der Waals surface area contributed by atoms with Gasteiger partial charge in [-0.3, -0.25) is 9.59 Å². The number of amides is 1. The fourth-order valence-corrected chi connectivity index (χ4v) is 2.09. The Bertz CT molecular complexity index is 271. The molecule has 1 saturated carbocycles. The Morgan fingerprint density at radius 1 is 1.43 bits per heavy atom. The lowest BCUT2D eigenvalue weighted by Crippen LogP contribution is -2.40. The number of hydrogen-bond acceptors (Lipinski definition) is 2. The lowest BCUT2D eigenvalue weighted by molar-refractivity contribution is -0.140. The summed E-state index contributed by atoms with van der Waals surface area (Å²) in [6.07, 6.45) is 4.15. The lowest BCUT2D eigenvalue weighted by atomic mass is 9.93. The third kappa shape index (κ3) is 1.89. The van der Waals surface area contributed by atoms with E-state index in [0.29, 0.717) is 18.4 Å². The topological polar surface area (TPSA) is 57.6 Å². The quantitative estimate of drug-likeness (QED) is 0.730. The zero-order valence-corrected chi connectivity index (χ0v) is 8.16. The number of carboxylic acids is 1. The van der Waals surface area contributed by atoms with Crippen LogP contribution in [0.15, 0.2) is 0 Å². The number of rotatable bonds is 3. The number of hydrogen-bond donors (Lipinski definition) is 1. The van der Waals surface area contributed by atoms with E-state index in [2.05, 4.69) is 0 Å². The van der Waals surface area contributed by atoms with Gasteiger partial charge in [-0.25, -0.2) is 0 Å². The van der Waals surface area contributed by atoms with E-state index in [9.17, 15) is 9.59 Å². The van der Waals surface area contributed by atoms with Gasteiger partial charge in [0.25, 0.3) is 0 Å². The van der Waals surface area contributed by atoms with Crippen LogP contribution in [-0.2, 0) is 9.59 Å². The SMILES string of the molecule is O=C(O)CCN1CCC2(CC2)CC1=O. The molecule has 1 N–H and O–H groups in total. The molecule has 78 valence electrons. The van der Waals surface area contributed by atoms with Gasteiger partial charge in [-0.2, -0.15) is 0 Å². The minimum Gasteiger partial charge on any atom is -0.481 e. The van der Waals surface area contributed by atoms with Crippen LogP contribution in [0.25, 0.3) is 0 Å². The molecule has 1 heterocycles. The molecule has 0 unspecified atom stereocenters. The van der Waals surface area contributed by atoms with Gasteiger partial charge in [-0.1, -0.05) is 0 Å². The van der Waals surface area contributed by atoms with Gasteiger partial charge < -0.3 is 10.0 Å². The third-order valence-corrected chi connectivity index (χ3v) is 3.34. The molecule has 1 amide bonds. The van der Waals surface area contributed by atoms with Crippen LogP contribution in [0.2, 0.25) is 0 Å². The van der Waals surface area contributed by atoms with Crippen molar-refractivity contribution < 1.29 is 14.7 Å². The molecule has 1 aliphatic heterocycles. The number of carboxylic acid groups (broad SMARTS) is 1. The van der Waals surface area contributed by atoms with E-state index >= 15 is 0 Å². The van der Waals surface area contributed by atoms with E-state index in [0.717, 1.165) is 13.0 Å². The Hall–Kier alpha value is -1.06. The summed E-state index contributed by atoms with van der Waals surface area (Å²) in [4.78, 5) is 23.6. The summed E-state index contributed by atoms with van der Waals surface area (Å²) in [6.45, 7) is 1.14. The Morgan fingerprint density at radius 2 is 2.14 bits per heavy atom. The third-order valence-electron chi connectivity index (χ3n) is 3.34. The minimum atomic E-state index is -0.829. The van der Waals surface area contributed by atoms with Crippen molar-refractivity contribution >= 4 is 11.9 Å². The molecule has 14 heavy (non-hydrogen) atoms. The zero-order valence-electron chi connectivity index (χ0n) is 8.16. The van der Waals surface area contributed by atoms with Crippen LogP contribution in [0.5, 0.6) is 0 Å². The fourth-order valence-electron chi connectivity index (χ4n) is 2.09. The minimum absolute atomic E-state index is 0.0682. The molecular formula is C10H15NO3. The number of aliphatic carboxylic acids is 1. The molecule has 1 saturated heterocycles. The molecule has 4 heteroatoms. The van der Waals surface area contributed by atoms with Crippen LogP contribution in [0.1, 0.15) is 32.1 Å². The maximum Gasteiger partial charge on any atom is 0.305 e. The summed E-state index contributed by atoms with van der Waals surface area (Å²) in [5, 5.41) is 8.51. The monoisotopic (exact) mass is 197 g/mol. The Balaban J connectivity index is 1.83. The van der Waals surface area contributed by atoms with Crippen molar-refractivity contribution in [2.24, 2.45) is 5.41 Å². The van der Waals surface area contributed by atoms with Crippen molar-refractivity contribution in [3.63, 3.8) is 0 Å². The Labute approximate surface area is 82.9 Å². The van der Waals surface area contributed by atoms with Gasteiger partial charge in [-0.05, 0) is 24.7 Å². The number of carbonyl (C=O) groups excluding carboxylic acids is 1. The van der Waals surface area contributed by atoms with Crippen molar-refractivity contribution in [1.82, 2.24) is 4.90 Å². The molecule has 0 aromatic heterocycles. The van der Waals surface area contributed by atoms with Gasteiger partial charge in [0.15, 0.2) is 0 Å². The number of nitrogens with zero attached hydrogens (tertiary/aromatic N) is 1. The summed E-state index contributed by atoms with van der Waals surface area (Å²) >= 11 is 0. The molecule has 0 aromatic rings. The van der Waals surface area contributed by atoms with Gasteiger partial charge in [0.1, 0.15) is 0 Å². The summed E-state index contributed by atoms with van der Waals surface area (Å²) < 4.78 is 0. The van der Waals surface area contributed by atoms with Crippen molar-refractivity contribution in [2.45, 2.75) is 32.1 Å². The van der Waals surface area contributed by atoms with E-state index in [4.69, 9.17) is 5.11 Å². The fraction of sp³-hybridized carbons (Fsp3) is 0.800. The molecular weight excluding hydrogens is 182 g/mol. The van der Waals surface area contributed by atoms with Crippen LogP contribution in [0.3, 0.4) is 0 Å². The van der Waals surface area contributed by atoms with Gasteiger partial charge >= 0.3 is 5.97 Å². The molecule has 4 nitrogen and oxygen atoms in total. The van der Waals surface area contributed by atoms with Crippen LogP contribution >= 0.6 is 0 Å². The second kappa shape index (κ2) is 3.26. The molecule has 0 bridgehead atoms. The smallest absolute Gasteiger partial charge is 0.305 e. The van der Waals surface area contributed by atoms with E-state index in [1.54, 1.807) is 4.90 Å². The highest BCUT2D eigenvalue weighted by atomic mass is 16.4. The second-order valence-corrected chi connectivity index (χ2v) is 4.45. The van der Waals surface area contributed by atoms with Crippen molar-refractivity contribution in [1.29, 1.82) is 0 Å². The maximum absolute atomic E-state index is 11.6. The van der Waals surface area contributed by atoms with Gasteiger partial charge in [-0.15, -0.1) is 0 Å². The summed E-state index contributed by atoms with van der Waals surface area (Å²) in [5.41, 5.74) is 0.330. The molecule has 2 aliphatic rings. The second-order valence-electron chi connectivity index (χ2n) is 4.45. The van der Waals surface area contributed by atoms with Crippen molar-refractivity contribution in [3.05, 3.63) is 0 Å². The molecule has 1 aliphatic carbocycles. The number of piperidine rings is 1. The highest BCUT2D eigenvalue weighted by Gasteiger charge is 2.47. The summed E-state index contributed by atoms with van der Waals surface area (Å²) in [5.74, 6) is -0.681. The highest BCUT2D eigenvalue weighted by molar-refractivity contribution is 5.79. The summed E-state index contributed by atoms with van der Waals surface area (Å²) in [6, 6.07) is 0. The van der Waals surface area contributed by atoms with E-state index in [1.807, 2.05) is 0 Å². The highest BCUT2D eigenvalue weighted by Crippen LogP contribution is 2.53. The first kappa shape index (κ1) is 9.49. The van der Waals surface area contributed by atoms with E-state index < -0.39 is 5.97 Å². The number of likely N-dealkylation sites (tertiary alicyclic amines) is 1. The molecule has 0 atom stereocenters. The van der Waals surface area contributed by atoms with Crippen molar-refractivity contribution in [3.8, 4) is 0 Å². The average Bonchev–Trinajstić information content (AvgIpc) is 2.83. The van der Waals surface area contributed by atoms with E-state index in [1.165, 1.54) is 12.8 Å². The first-order valence-electron chi connectivity index (χ1n) is 5.11. The van der Waals surface area contributed by atoms with Crippen LogP contribution in [-0.4, -0.2) is 35.0 Å².